The molecule has 0 aliphatic rings. The topological polar surface area (TPSA) is 48.9 Å². The SMILES string of the molecule is C/C=C/C(O)c1cn[nH]c1. The van der Waals surface area contributed by atoms with Crippen LogP contribution in [-0.2, 0) is 0 Å². The van der Waals surface area contributed by atoms with Crippen molar-refractivity contribution in [3.63, 3.8) is 0 Å². The Labute approximate surface area is 59.4 Å². The summed E-state index contributed by atoms with van der Waals surface area (Å²) in [6.07, 6.45) is 6.25. The molecule has 10 heavy (non-hydrogen) atoms. The second kappa shape index (κ2) is 3.17. The molecule has 0 saturated carbocycles. The number of aliphatic hydroxyl groups excluding tert-OH is 1. The average Bonchev–Trinajstić information content (AvgIpc) is 2.38. The van der Waals surface area contributed by atoms with Crippen LogP contribution in [0.15, 0.2) is 24.5 Å². The van der Waals surface area contributed by atoms with Gasteiger partial charge in [-0.3, -0.25) is 5.10 Å². The van der Waals surface area contributed by atoms with E-state index in [2.05, 4.69) is 10.2 Å². The molecule has 1 atom stereocenters. The molecule has 0 bridgehead atoms. The third-order valence-corrected chi connectivity index (χ3v) is 1.24. The van der Waals surface area contributed by atoms with E-state index in [1.54, 1.807) is 24.5 Å². The minimum absolute atomic E-state index is 0.524. The number of hydrogen-bond donors (Lipinski definition) is 2. The van der Waals surface area contributed by atoms with E-state index < -0.39 is 6.10 Å². The Morgan fingerprint density at radius 3 is 3.10 bits per heavy atom. The lowest BCUT2D eigenvalue weighted by atomic mass is 10.2. The van der Waals surface area contributed by atoms with Crippen molar-refractivity contribution in [2.75, 3.05) is 0 Å². The number of nitrogens with one attached hydrogen (secondary N) is 1. The maximum Gasteiger partial charge on any atom is 0.100 e. The van der Waals surface area contributed by atoms with Crippen LogP contribution in [0.1, 0.15) is 18.6 Å². The molecule has 0 aliphatic heterocycles. The number of aromatic amines is 1. The van der Waals surface area contributed by atoms with Crippen molar-refractivity contribution in [2.45, 2.75) is 13.0 Å². The van der Waals surface area contributed by atoms with Gasteiger partial charge in [-0.25, -0.2) is 0 Å². The molecule has 1 rings (SSSR count). The number of H-pyrrole nitrogens is 1. The Morgan fingerprint density at radius 1 is 1.80 bits per heavy atom. The molecular formula is C7H10N2O. The molecule has 0 radical (unpaired) electrons. The minimum Gasteiger partial charge on any atom is -0.384 e. The summed E-state index contributed by atoms with van der Waals surface area (Å²) < 4.78 is 0. The van der Waals surface area contributed by atoms with Crippen LogP contribution in [0.2, 0.25) is 0 Å². The van der Waals surface area contributed by atoms with Gasteiger partial charge in [-0.1, -0.05) is 12.2 Å². The number of allylic oxidation sites excluding steroid dienone is 1. The molecule has 3 heteroatoms. The molecule has 54 valence electrons. The van der Waals surface area contributed by atoms with E-state index in [-0.39, 0.29) is 0 Å². The first-order chi connectivity index (χ1) is 4.84. The number of aromatic nitrogens is 2. The molecule has 0 aliphatic carbocycles. The highest BCUT2D eigenvalue weighted by molar-refractivity contribution is 5.12. The van der Waals surface area contributed by atoms with E-state index in [4.69, 9.17) is 0 Å². The first-order valence-electron chi connectivity index (χ1n) is 3.14. The number of hydrogen-bond acceptors (Lipinski definition) is 2. The number of rotatable bonds is 2. The fourth-order valence-corrected chi connectivity index (χ4v) is 0.716. The van der Waals surface area contributed by atoms with Gasteiger partial charge in [0.2, 0.25) is 0 Å². The van der Waals surface area contributed by atoms with Crippen molar-refractivity contribution in [3.05, 3.63) is 30.1 Å². The molecule has 2 N–H and O–H groups in total. The maximum atomic E-state index is 9.26. The molecule has 3 nitrogen and oxygen atoms in total. The van der Waals surface area contributed by atoms with Gasteiger partial charge in [0.1, 0.15) is 6.10 Å². The summed E-state index contributed by atoms with van der Waals surface area (Å²) in [6.45, 7) is 1.86. The molecule has 1 aromatic rings. The lowest BCUT2D eigenvalue weighted by Crippen LogP contribution is -1.88. The smallest absolute Gasteiger partial charge is 0.100 e. The van der Waals surface area contributed by atoms with Crippen LogP contribution in [-0.4, -0.2) is 15.3 Å². The summed E-state index contributed by atoms with van der Waals surface area (Å²) in [5.74, 6) is 0. The standard InChI is InChI=1S/C7H10N2O/c1-2-3-7(10)6-4-8-9-5-6/h2-5,7,10H,1H3,(H,8,9)/b3-2+. The van der Waals surface area contributed by atoms with Crippen LogP contribution in [0.3, 0.4) is 0 Å². The fraction of sp³-hybridized carbons (Fsp3) is 0.286. The van der Waals surface area contributed by atoms with Gasteiger partial charge < -0.3 is 5.11 Å². The van der Waals surface area contributed by atoms with Gasteiger partial charge >= 0.3 is 0 Å². The quantitative estimate of drug-likeness (QED) is 0.599. The molecule has 0 amide bonds. The normalized spacial score (nSPS) is 14.2. The Balaban J connectivity index is 2.67. The van der Waals surface area contributed by atoms with E-state index in [0.29, 0.717) is 0 Å². The van der Waals surface area contributed by atoms with Crippen molar-refractivity contribution >= 4 is 0 Å². The monoisotopic (exact) mass is 138 g/mol. The van der Waals surface area contributed by atoms with Crippen molar-refractivity contribution in [1.82, 2.24) is 10.2 Å². The highest BCUT2D eigenvalue weighted by Gasteiger charge is 2.01. The van der Waals surface area contributed by atoms with Gasteiger partial charge in [-0.05, 0) is 6.92 Å². The van der Waals surface area contributed by atoms with Crippen molar-refractivity contribution in [2.24, 2.45) is 0 Å². The van der Waals surface area contributed by atoms with Crippen molar-refractivity contribution in [1.29, 1.82) is 0 Å². The predicted octanol–water partition coefficient (Wildman–Crippen LogP) is 1.02. The third-order valence-electron chi connectivity index (χ3n) is 1.24. The van der Waals surface area contributed by atoms with Gasteiger partial charge in [-0.2, -0.15) is 5.10 Å². The molecule has 0 fully saturated rings. The second-order valence-corrected chi connectivity index (χ2v) is 2.00. The predicted molar refractivity (Wildman–Crippen MR) is 38.4 cm³/mol. The van der Waals surface area contributed by atoms with Gasteiger partial charge in [0, 0.05) is 11.8 Å². The molecule has 0 aromatic carbocycles. The molecule has 1 heterocycles. The zero-order chi connectivity index (χ0) is 7.40. The average molecular weight is 138 g/mol. The number of aliphatic hydroxyl groups is 1. The van der Waals surface area contributed by atoms with Crippen molar-refractivity contribution < 1.29 is 5.11 Å². The van der Waals surface area contributed by atoms with E-state index in [1.807, 2.05) is 6.92 Å². The summed E-state index contributed by atoms with van der Waals surface area (Å²) in [5, 5.41) is 15.6. The first-order valence-corrected chi connectivity index (χ1v) is 3.14. The van der Waals surface area contributed by atoms with Crippen molar-refractivity contribution in [3.8, 4) is 0 Å². The maximum absolute atomic E-state index is 9.26. The summed E-state index contributed by atoms with van der Waals surface area (Å²) in [4.78, 5) is 0. The van der Waals surface area contributed by atoms with Crippen LogP contribution in [0.25, 0.3) is 0 Å². The second-order valence-electron chi connectivity index (χ2n) is 2.00. The lowest BCUT2D eigenvalue weighted by molar-refractivity contribution is 0.228. The first kappa shape index (κ1) is 7.02. The zero-order valence-electron chi connectivity index (χ0n) is 5.78. The Morgan fingerprint density at radius 2 is 2.60 bits per heavy atom. The van der Waals surface area contributed by atoms with Gasteiger partial charge in [0.15, 0.2) is 0 Å². The fourth-order valence-electron chi connectivity index (χ4n) is 0.716. The van der Waals surface area contributed by atoms with E-state index in [0.717, 1.165) is 5.56 Å². The lowest BCUT2D eigenvalue weighted by Gasteiger charge is -1.98. The van der Waals surface area contributed by atoms with Gasteiger partial charge in [0.25, 0.3) is 0 Å². The molecule has 0 spiro atoms. The van der Waals surface area contributed by atoms with Crippen LogP contribution in [0.5, 0.6) is 0 Å². The summed E-state index contributed by atoms with van der Waals surface area (Å²) in [6, 6.07) is 0. The molecule has 0 saturated heterocycles. The summed E-state index contributed by atoms with van der Waals surface area (Å²) in [5.41, 5.74) is 0.790. The van der Waals surface area contributed by atoms with E-state index >= 15 is 0 Å². The van der Waals surface area contributed by atoms with Crippen LogP contribution < -0.4 is 0 Å². The minimum atomic E-state index is -0.524. The summed E-state index contributed by atoms with van der Waals surface area (Å²) in [7, 11) is 0. The Bertz CT molecular complexity index is 203. The highest BCUT2D eigenvalue weighted by Crippen LogP contribution is 2.10. The van der Waals surface area contributed by atoms with E-state index in [9.17, 15) is 5.11 Å². The highest BCUT2D eigenvalue weighted by atomic mass is 16.3. The summed E-state index contributed by atoms with van der Waals surface area (Å²) >= 11 is 0. The molecule has 1 aromatic heterocycles. The number of nitrogens with zero attached hydrogens (tertiary/aromatic N) is 1. The largest absolute Gasteiger partial charge is 0.384 e. The van der Waals surface area contributed by atoms with Crippen LogP contribution in [0.4, 0.5) is 0 Å². The zero-order valence-corrected chi connectivity index (χ0v) is 5.78. The Kier molecular flexibility index (Phi) is 2.23. The van der Waals surface area contributed by atoms with Crippen LogP contribution >= 0.6 is 0 Å². The van der Waals surface area contributed by atoms with Crippen LogP contribution in [0, 0.1) is 0 Å². The van der Waals surface area contributed by atoms with Gasteiger partial charge in [-0.15, -0.1) is 0 Å². The molecule has 1 unspecified atom stereocenters. The third kappa shape index (κ3) is 1.45. The van der Waals surface area contributed by atoms with E-state index in [1.165, 1.54) is 0 Å². The molecular weight excluding hydrogens is 128 g/mol. The Hall–Kier alpha value is -1.09. The van der Waals surface area contributed by atoms with Gasteiger partial charge in [0.05, 0.1) is 6.20 Å².